The van der Waals surface area contributed by atoms with Gasteiger partial charge in [-0.25, -0.2) is 9.59 Å². The number of esters is 3. The number of dihydropyridines is 1. The molecule has 1 aromatic carbocycles. The summed E-state index contributed by atoms with van der Waals surface area (Å²) >= 11 is 3.13. The Hall–Kier alpha value is -3.74. The van der Waals surface area contributed by atoms with Gasteiger partial charge >= 0.3 is 17.9 Å². The minimum absolute atomic E-state index is 0.0291. The molecule has 0 saturated heterocycles. The van der Waals surface area contributed by atoms with Crippen molar-refractivity contribution in [1.29, 1.82) is 0 Å². The lowest BCUT2D eigenvalue weighted by atomic mass is 9.85. The van der Waals surface area contributed by atoms with E-state index in [9.17, 15) is 29.3 Å². The number of hydrogen-bond donors (Lipinski definition) is 2. The topological polar surface area (TPSA) is 163 Å². The molecule has 1 aromatic rings. The summed E-state index contributed by atoms with van der Waals surface area (Å²) in [5.74, 6) is -4.91. The number of nitrogens with one attached hydrogen (secondary N) is 2. The van der Waals surface area contributed by atoms with E-state index in [-0.39, 0.29) is 51.6 Å². The second-order valence-electron chi connectivity index (χ2n) is 7.15. The molecular formula is C22H24BrN3O9. The molecule has 0 spiro atoms. The number of nitro benzene ring substituents is 1. The lowest BCUT2D eigenvalue weighted by molar-refractivity contribution is -0.384. The Morgan fingerprint density at radius 3 is 2.03 bits per heavy atom. The smallest absolute Gasteiger partial charge is 0.337 e. The molecule has 0 fully saturated rings. The molecule has 0 saturated carbocycles. The first kappa shape index (κ1) is 27.5. The number of anilines is 1. The quantitative estimate of drug-likeness (QED) is 0.201. The third kappa shape index (κ3) is 6.66. The molecule has 0 aliphatic carbocycles. The zero-order valence-corrected chi connectivity index (χ0v) is 21.0. The fraction of sp³-hybridized carbons (Fsp3) is 0.364. The van der Waals surface area contributed by atoms with Crippen LogP contribution in [0, 0.1) is 16.0 Å². The van der Waals surface area contributed by atoms with E-state index in [2.05, 4.69) is 26.6 Å². The molecule has 0 bridgehead atoms. The molecule has 1 aliphatic heterocycles. The second-order valence-corrected chi connectivity index (χ2v) is 8.01. The zero-order chi connectivity index (χ0) is 26.3. The van der Waals surface area contributed by atoms with E-state index >= 15 is 0 Å². The van der Waals surface area contributed by atoms with Crippen molar-refractivity contribution in [3.63, 3.8) is 0 Å². The molecule has 12 nitrogen and oxygen atoms in total. The van der Waals surface area contributed by atoms with Gasteiger partial charge in [0.2, 0.25) is 0 Å². The number of ether oxygens (including phenoxy) is 3. The average molecular weight is 554 g/mol. The summed E-state index contributed by atoms with van der Waals surface area (Å²) in [4.78, 5) is 60.9. The Morgan fingerprint density at radius 1 is 1.03 bits per heavy atom. The van der Waals surface area contributed by atoms with Crippen molar-refractivity contribution in [3.8, 4) is 0 Å². The first-order valence-corrected chi connectivity index (χ1v) is 11.2. The van der Waals surface area contributed by atoms with Crippen LogP contribution in [0.5, 0.6) is 0 Å². The molecule has 0 aromatic heterocycles. The SMILES string of the molecule is CCOC(=O)C1=C(C)NC(C)=C(C(=O)OCC)C1C(=O)OCC(=O)Nc1ccc([N+](=O)[O-])cc1Br. The second kappa shape index (κ2) is 12.1. The van der Waals surface area contributed by atoms with Crippen molar-refractivity contribution < 1.29 is 38.3 Å². The standard InChI is InChI=1S/C22H24BrN3O9/c1-5-33-20(28)17-11(3)24-12(4)18(21(29)34-6-2)19(17)22(30)35-10-16(27)25-15-8-7-13(26(31)32)9-14(15)23/h7-9,19,24H,5-6,10H2,1-4H3,(H,25,27). The molecule has 2 rings (SSSR count). The minimum Gasteiger partial charge on any atom is -0.463 e. The van der Waals surface area contributed by atoms with Crippen LogP contribution in [0.4, 0.5) is 11.4 Å². The van der Waals surface area contributed by atoms with E-state index in [0.717, 1.165) is 0 Å². The van der Waals surface area contributed by atoms with Crippen LogP contribution in [0.15, 0.2) is 45.2 Å². The van der Waals surface area contributed by atoms with Crippen LogP contribution < -0.4 is 10.6 Å². The molecular weight excluding hydrogens is 530 g/mol. The Kier molecular flexibility index (Phi) is 9.51. The lowest BCUT2D eigenvalue weighted by Gasteiger charge is -2.28. The highest BCUT2D eigenvalue weighted by atomic mass is 79.9. The number of carbonyl (C=O) groups is 4. The predicted molar refractivity (Wildman–Crippen MR) is 126 cm³/mol. The first-order chi connectivity index (χ1) is 16.5. The van der Waals surface area contributed by atoms with Crippen molar-refractivity contribution in [2.75, 3.05) is 25.1 Å². The molecule has 13 heteroatoms. The van der Waals surface area contributed by atoms with Crippen LogP contribution in [0.1, 0.15) is 27.7 Å². The molecule has 188 valence electrons. The fourth-order valence-electron chi connectivity index (χ4n) is 3.31. The van der Waals surface area contributed by atoms with Gasteiger partial charge in [-0.2, -0.15) is 0 Å². The number of rotatable bonds is 9. The fourth-order valence-corrected chi connectivity index (χ4v) is 3.78. The highest BCUT2D eigenvalue weighted by Crippen LogP contribution is 2.33. The van der Waals surface area contributed by atoms with Crippen LogP contribution in [-0.4, -0.2) is 48.6 Å². The van der Waals surface area contributed by atoms with Crippen molar-refractivity contribution >= 4 is 51.1 Å². The molecule has 2 N–H and O–H groups in total. The van der Waals surface area contributed by atoms with E-state index in [1.807, 2.05) is 0 Å². The van der Waals surface area contributed by atoms with Gasteiger partial charge in [-0.15, -0.1) is 0 Å². The van der Waals surface area contributed by atoms with E-state index in [4.69, 9.17) is 14.2 Å². The number of halogens is 1. The van der Waals surface area contributed by atoms with E-state index < -0.39 is 41.3 Å². The van der Waals surface area contributed by atoms with Crippen LogP contribution in [0.3, 0.4) is 0 Å². The predicted octanol–water partition coefficient (Wildman–Crippen LogP) is 2.73. The van der Waals surface area contributed by atoms with Crippen molar-refractivity contribution in [3.05, 3.63) is 55.3 Å². The molecule has 1 heterocycles. The van der Waals surface area contributed by atoms with Crippen LogP contribution in [0.2, 0.25) is 0 Å². The van der Waals surface area contributed by atoms with Gasteiger partial charge in [-0.3, -0.25) is 19.7 Å². The van der Waals surface area contributed by atoms with Gasteiger partial charge in [0.25, 0.3) is 11.6 Å². The van der Waals surface area contributed by atoms with Gasteiger partial charge in [-0.1, -0.05) is 0 Å². The van der Waals surface area contributed by atoms with Crippen molar-refractivity contribution in [2.45, 2.75) is 27.7 Å². The van der Waals surface area contributed by atoms with Gasteiger partial charge < -0.3 is 24.8 Å². The highest BCUT2D eigenvalue weighted by Gasteiger charge is 2.42. The van der Waals surface area contributed by atoms with E-state index in [1.54, 1.807) is 13.8 Å². The zero-order valence-electron chi connectivity index (χ0n) is 19.4. The maximum atomic E-state index is 13.1. The number of amides is 1. The van der Waals surface area contributed by atoms with Crippen molar-refractivity contribution in [1.82, 2.24) is 5.32 Å². The number of nitro groups is 1. The summed E-state index contributed by atoms with van der Waals surface area (Å²) in [5, 5.41) is 16.2. The van der Waals surface area contributed by atoms with Crippen LogP contribution >= 0.6 is 15.9 Å². The molecule has 1 amide bonds. The Morgan fingerprint density at radius 2 is 1.57 bits per heavy atom. The number of nitrogens with zero attached hydrogens (tertiary/aromatic N) is 1. The van der Waals surface area contributed by atoms with Gasteiger partial charge in [0.05, 0.1) is 35.0 Å². The van der Waals surface area contributed by atoms with Gasteiger partial charge in [0.15, 0.2) is 6.61 Å². The summed E-state index contributed by atoms with van der Waals surface area (Å²) in [6, 6.07) is 3.71. The summed E-state index contributed by atoms with van der Waals surface area (Å²) in [6.45, 7) is 5.56. The maximum Gasteiger partial charge on any atom is 0.337 e. The number of hydrogen-bond acceptors (Lipinski definition) is 10. The maximum absolute atomic E-state index is 13.1. The summed E-state index contributed by atoms with van der Waals surface area (Å²) < 4.78 is 15.5. The summed E-state index contributed by atoms with van der Waals surface area (Å²) in [6.07, 6.45) is 0. The molecule has 1 aliphatic rings. The normalized spacial score (nSPS) is 13.6. The monoisotopic (exact) mass is 553 g/mol. The average Bonchev–Trinajstić information content (AvgIpc) is 2.78. The highest BCUT2D eigenvalue weighted by molar-refractivity contribution is 9.10. The van der Waals surface area contributed by atoms with Gasteiger partial charge in [-0.05, 0) is 49.7 Å². The van der Waals surface area contributed by atoms with Gasteiger partial charge in [0.1, 0.15) is 5.92 Å². The third-order valence-corrected chi connectivity index (χ3v) is 5.43. The molecule has 35 heavy (non-hydrogen) atoms. The Balaban J connectivity index is 2.25. The Labute approximate surface area is 208 Å². The Bertz CT molecular complexity index is 1090. The minimum atomic E-state index is -1.48. The van der Waals surface area contributed by atoms with Crippen molar-refractivity contribution in [2.24, 2.45) is 5.92 Å². The largest absolute Gasteiger partial charge is 0.463 e. The molecule has 0 radical (unpaired) electrons. The number of non-ortho nitro benzene ring substituents is 1. The lowest BCUT2D eigenvalue weighted by Crippen LogP contribution is -2.39. The number of carbonyl (C=O) groups excluding carboxylic acids is 4. The number of allylic oxidation sites excluding steroid dienone is 2. The number of benzene rings is 1. The van der Waals surface area contributed by atoms with Crippen LogP contribution in [-0.2, 0) is 33.4 Å². The third-order valence-electron chi connectivity index (χ3n) is 4.77. The van der Waals surface area contributed by atoms with Crippen LogP contribution in [0.25, 0.3) is 0 Å². The van der Waals surface area contributed by atoms with E-state index in [0.29, 0.717) is 0 Å². The molecule has 0 atom stereocenters. The first-order valence-electron chi connectivity index (χ1n) is 10.4. The summed E-state index contributed by atoms with van der Waals surface area (Å²) in [7, 11) is 0. The van der Waals surface area contributed by atoms with E-state index in [1.165, 1.54) is 32.0 Å². The molecule has 0 unspecified atom stereocenters. The van der Waals surface area contributed by atoms with Gasteiger partial charge in [0, 0.05) is 28.0 Å². The summed E-state index contributed by atoms with van der Waals surface area (Å²) in [5.41, 5.74) is 0.331.